The number of carbonyl (C=O) groups is 1. The summed E-state index contributed by atoms with van der Waals surface area (Å²) >= 11 is 3.24. The van der Waals surface area contributed by atoms with Gasteiger partial charge in [0, 0.05) is 18.1 Å². The molecule has 0 bridgehead atoms. The summed E-state index contributed by atoms with van der Waals surface area (Å²) in [6.45, 7) is 0.893. The van der Waals surface area contributed by atoms with Crippen LogP contribution in [0.2, 0.25) is 0 Å². The van der Waals surface area contributed by atoms with Gasteiger partial charge in [-0.1, -0.05) is 0 Å². The Morgan fingerprint density at radius 1 is 1.71 bits per heavy atom. The van der Waals surface area contributed by atoms with Crippen LogP contribution >= 0.6 is 23.1 Å². The van der Waals surface area contributed by atoms with Crippen LogP contribution in [0, 0.1) is 0 Å². The van der Waals surface area contributed by atoms with Gasteiger partial charge in [-0.2, -0.15) is 11.8 Å². The van der Waals surface area contributed by atoms with Crippen LogP contribution in [0.15, 0.2) is 11.4 Å². The second-order valence-corrected chi connectivity index (χ2v) is 5.84. The minimum atomic E-state index is -0.201. The first kappa shape index (κ1) is 12.9. The predicted molar refractivity (Wildman–Crippen MR) is 71.1 cm³/mol. The summed E-state index contributed by atoms with van der Waals surface area (Å²) in [6, 6.07) is 1.98. The van der Waals surface area contributed by atoms with Gasteiger partial charge in [0.05, 0.1) is 11.0 Å². The fourth-order valence-corrected chi connectivity index (χ4v) is 3.81. The predicted octanol–water partition coefficient (Wildman–Crippen LogP) is 1.76. The van der Waals surface area contributed by atoms with Gasteiger partial charge < -0.3 is 4.74 Å². The van der Waals surface area contributed by atoms with E-state index in [2.05, 4.69) is 5.43 Å². The molecule has 0 aliphatic carbocycles. The number of thiophene rings is 1. The summed E-state index contributed by atoms with van der Waals surface area (Å²) in [5, 5.41) is 1.92. The van der Waals surface area contributed by atoms with Crippen molar-refractivity contribution in [3.05, 3.63) is 21.9 Å². The third-order valence-corrected chi connectivity index (χ3v) is 4.75. The van der Waals surface area contributed by atoms with E-state index in [4.69, 9.17) is 10.6 Å². The smallest absolute Gasteiger partial charge is 0.275 e. The van der Waals surface area contributed by atoms with Gasteiger partial charge in [0.2, 0.25) is 0 Å². The van der Waals surface area contributed by atoms with E-state index in [0.717, 1.165) is 30.1 Å². The molecule has 17 heavy (non-hydrogen) atoms. The highest BCUT2D eigenvalue weighted by Gasteiger charge is 2.16. The molecule has 1 atom stereocenters. The monoisotopic (exact) mass is 272 g/mol. The molecule has 1 aliphatic heterocycles. The molecule has 2 rings (SSSR count). The molecule has 0 aromatic carbocycles. The average molecular weight is 272 g/mol. The summed E-state index contributed by atoms with van der Waals surface area (Å²) in [4.78, 5) is 12.2. The maximum absolute atomic E-state index is 11.5. The summed E-state index contributed by atoms with van der Waals surface area (Å²) in [7, 11) is 0. The van der Waals surface area contributed by atoms with Gasteiger partial charge in [-0.3, -0.25) is 10.2 Å². The largest absolute Gasteiger partial charge is 0.377 e. The molecule has 6 heteroatoms. The van der Waals surface area contributed by atoms with Crippen molar-refractivity contribution in [2.24, 2.45) is 5.84 Å². The molecule has 1 aromatic rings. The summed E-state index contributed by atoms with van der Waals surface area (Å²) in [5.74, 6) is 6.78. The Balaban J connectivity index is 1.82. The van der Waals surface area contributed by atoms with E-state index in [0.29, 0.717) is 11.0 Å². The highest BCUT2D eigenvalue weighted by atomic mass is 32.2. The standard InChI is InChI=1S/C11H16N2O2S2/c12-13-11(14)10-8(3-5-17-10)6-16-7-9-2-1-4-15-9/h3,5,9H,1-2,4,6-7,12H2,(H,13,14). The number of hydrogen-bond donors (Lipinski definition) is 2. The topological polar surface area (TPSA) is 64.3 Å². The molecule has 0 radical (unpaired) electrons. The molecule has 2 heterocycles. The van der Waals surface area contributed by atoms with Gasteiger partial charge in [-0.25, -0.2) is 5.84 Å². The van der Waals surface area contributed by atoms with Gasteiger partial charge in [-0.15, -0.1) is 11.3 Å². The average Bonchev–Trinajstić information content (AvgIpc) is 2.99. The number of amides is 1. The first-order valence-electron chi connectivity index (χ1n) is 5.58. The van der Waals surface area contributed by atoms with Crippen LogP contribution in [0.1, 0.15) is 28.1 Å². The molecular weight excluding hydrogens is 256 g/mol. The van der Waals surface area contributed by atoms with Crippen molar-refractivity contribution < 1.29 is 9.53 Å². The number of rotatable bonds is 5. The van der Waals surface area contributed by atoms with E-state index in [1.54, 1.807) is 0 Å². The van der Waals surface area contributed by atoms with Crippen LogP contribution in [-0.2, 0) is 10.5 Å². The van der Waals surface area contributed by atoms with E-state index >= 15 is 0 Å². The van der Waals surface area contributed by atoms with Crippen molar-refractivity contribution in [3.8, 4) is 0 Å². The first-order valence-corrected chi connectivity index (χ1v) is 7.61. The number of nitrogens with one attached hydrogen (secondary N) is 1. The number of hydrazine groups is 1. The number of ether oxygens (including phenoxy) is 1. The maximum atomic E-state index is 11.5. The number of nitrogen functional groups attached to an aromatic ring is 1. The van der Waals surface area contributed by atoms with Crippen molar-refractivity contribution in [1.82, 2.24) is 5.43 Å². The Hall–Kier alpha value is -0.560. The van der Waals surface area contributed by atoms with Gasteiger partial charge >= 0.3 is 0 Å². The third-order valence-electron chi connectivity index (χ3n) is 2.67. The SMILES string of the molecule is NNC(=O)c1sccc1CSCC1CCCO1. The zero-order valence-corrected chi connectivity index (χ0v) is 11.1. The van der Waals surface area contributed by atoms with Gasteiger partial charge in [0.25, 0.3) is 5.91 Å². The van der Waals surface area contributed by atoms with E-state index in [1.165, 1.54) is 17.8 Å². The lowest BCUT2D eigenvalue weighted by Crippen LogP contribution is -2.29. The second-order valence-electron chi connectivity index (χ2n) is 3.90. The van der Waals surface area contributed by atoms with E-state index in [9.17, 15) is 4.79 Å². The van der Waals surface area contributed by atoms with Crippen LogP contribution < -0.4 is 11.3 Å². The molecule has 94 valence electrons. The summed E-state index contributed by atoms with van der Waals surface area (Å²) in [6.07, 6.45) is 2.72. The van der Waals surface area contributed by atoms with Crippen LogP contribution in [0.5, 0.6) is 0 Å². The minimum Gasteiger partial charge on any atom is -0.377 e. The molecule has 0 spiro atoms. The minimum absolute atomic E-state index is 0.201. The zero-order chi connectivity index (χ0) is 12.1. The summed E-state index contributed by atoms with van der Waals surface area (Å²) in [5.41, 5.74) is 3.23. The number of hydrogen-bond acceptors (Lipinski definition) is 5. The fraction of sp³-hybridized carbons (Fsp3) is 0.545. The van der Waals surface area contributed by atoms with Crippen molar-refractivity contribution in [3.63, 3.8) is 0 Å². The Morgan fingerprint density at radius 3 is 3.29 bits per heavy atom. The van der Waals surface area contributed by atoms with E-state index in [1.807, 2.05) is 23.2 Å². The van der Waals surface area contributed by atoms with Crippen LogP contribution in [0.25, 0.3) is 0 Å². The highest BCUT2D eigenvalue weighted by Crippen LogP contribution is 2.24. The molecule has 1 amide bonds. The Labute approximate surface area is 109 Å². The second kappa shape index (κ2) is 6.39. The lowest BCUT2D eigenvalue weighted by atomic mass is 10.3. The zero-order valence-electron chi connectivity index (χ0n) is 9.48. The third kappa shape index (κ3) is 3.45. The summed E-state index contributed by atoms with van der Waals surface area (Å²) < 4.78 is 5.55. The Bertz CT molecular complexity index is 375. The number of nitrogens with two attached hydrogens (primary N) is 1. The lowest BCUT2D eigenvalue weighted by Gasteiger charge is -2.08. The van der Waals surface area contributed by atoms with Crippen LogP contribution in [0.3, 0.4) is 0 Å². The molecule has 3 N–H and O–H groups in total. The van der Waals surface area contributed by atoms with E-state index < -0.39 is 0 Å². The molecule has 0 saturated carbocycles. The first-order chi connectivity index (χ1) is 8.31. The van der Waals surface area contributed by atoms with Crippen molar-refractivity contribution >= 4 is 29.0 Å². The molecule has 1 aromatic heterocycles. The van der Waals surface area contributed by atoms with Gasteiger partial charge in [-0.05, 0) is 29.9 Å². The van der Waals surface area contributed by atoms with Gasteiger partial charge in [0.15, 0.2) is 0 Å². The number of thioether (sulfide) groups is 1. The van der Waals surface area contributed by atoms with Crippen molar-refractivity contribution in [2.75, 3.05) is 12.4 Å². The van der Waals surface area contributed by atoms with Crippen molar-refractivity contribution in [1.29, 1.82) is 0 Å². The van der Waals surface area contributed by atoms with Crippen LogP contribution in [-0.4, -0.2) is 24.4 Å². The molecule has 1 aliphatic rings. The van der Waals surface area contributed by atoms with Crippen LogP contribution in [0.4, 0.5) is 0 Å². The Morgan fingerprint density at radius 2 is 2.59 bits per heavy atom. The van der Waals surface area contributed by atoms with Crippen molar-refractivity contribution in [2.45, 2.75) is 24.7 Å². The highest BCUT2D eigenvalue weighted by molar-refractivity contribution is 7.98. The van der Waals surface area contributed by atoms with E-state index in [-0.39, 0.29) is 5.91 Å². The quantitative estimate of drug-likeness (QED) is 0.487. The molecule has 1 fully saturated rings. The number of carbonyl (C=O) groups excluding carboxylic acids is 1. The maximum Gasteiger partial charge on any atom is 0.275 e. The molecule has 1 saturated heterocycles. The lowest BCUT2D eigenvalue weighted by molar-refractivity contribution is 0.0957. The Kier molecular flexibility index (Phi) is 4.85. The van der Waals surface area contributed by atoms with Gasteiger partial charge in [0.1, 0.15) is 0 Å². The molecular formula is C11H16N2O2S2. The fourth-order valence-electron chi connectivity index (χ4n) is 1.79. The molecule has 4 nitrogen and oxygen atoms in total. The molecule has 1 unspecified atom stereocenters. The normalized spacial score (nSPS) is 19.5.